The van der Waals surface area contributed by atoms with E-state index in [1.54, 1.807) is 18.3 Å². The molecule has 15 heavy (non-hydrogen) atoms. The molecule has 0 aliphatic carbocycles. The molecule has 3 nitrogen and oxygen atoms in total. The zero-order valence-corrected chi connectivity index (χ0v) is 9.36. The van der Waals surface area contributed by atoms with Gasteiger partial charge in [-0.3, -0.25) is 9.78 Å². The summed E-state index contributed by atoms with van der Waals surface area (Å²) in [5.41, 5.74) is 0.489. The highest BCUT2D eigenvalue weighted by Crippen LogP contribution is 2.05. The first-order chi connectivity index (χ1) is 7.27. The molecule has 3 heteroatoms. The number of hydrogen-bond donors (Lipinski definition) is 1. The lowest BCUT2D eigenvalue weighted by Crippen LogP contribution is -2.29. The number of amides is 1. The van der Waals surface area contributed by atoms with Crippen LogP contribution in [0.3, 0.4) is 0 Å². The summed E-state index contributed by atoms with van der Waals surface area (Å²) in [5.74, 6) is 0.486. The first-order valence-electron chi connectivity index (χ1n) is 5.47. The smallest absolute Gasteiger partial charge is 0.269 e. The number of aromatic nitrogens is 1. The monoisotopic (exact) mass is 206 g/mol. The average molecular weight is 206 g/mol. The van der Waals surface area contributed by atoms with Gasteiger partial charge in [-0.1, -0.05) is 32.8 Å². The Bertz CT molecular complexity index is 294. The SMILES string of the molecule is CCC(CC)CNC(=O)c1ccccn1. The van der Waals surface area contributed by atoms with Crippen LogP contribution in [0.2, 0.25) is 0 Å². The first kappa shape index (κ1) is 11.7. The van der Waals surface area contributed by atoms with Crippen molar-refractivity contribution in [3.8, 4) is 0 Å². The van der Waals surface area contributed by atoms with Crippen LogP contribution in [0.4, 0.5) is 0 Å². The zero-order chi connectivity index (χ0) is 11.1. The predicted molar refractivity (Wildman–Crippen MR) is 60.6 cm³/mol. The van der Waals surface area contributed by atoms with E-state index in [0.29, 0.717) is 11.6 Å². The van der Waals surface area contributed by atoms with Gasteiger partial charge in [0, 0.05) is 12.7 Å². The molecule has 0 spiro atoms. The number of carbonyl (C=O) groups is 1. The second-order valence-corrected chi connectivity index (χ2v) is 3.61. The van der Waals surface area contributed by atoms with Crippen molar-refractivity contribution in [2.45, 2.75) is 26.7 Å². The maximum absolute atomic E-state index is 11.6. The number of hydrogen-bond acceptors (Lipinski definition) is 2. The van der Waals surface area contributed by atoms with Gasteiger partial charge in [0.1, 0.15) is 5.69 Å². The molecule has 0 radical (unpaired) electrons. The molecule has 1 aromatic heterocycles. The highest BCUT2D eigenvalue weighted by molar-refractivity contribution is 5.92. The molecule has 1 heterocycles. The van der Waals surface area contributed by atoms with Crippen LogP contribution in [0.15, 0.2) is 24.4 Å². The maximum Gasteiger partial charge on any atom is 0.269 e. The van der Waals surface area contributed by atoms with Crippen LogP contribution >= 0.6 is 0 Å². The van der Waals surface area contributed by atoms with Crippen LogP contribution in [0.1, 0.15) is 37.2 Å². The Morgan fingerprint density at radius 2 is 2.13 bits per heavy atom. The molecular formula is C12H18N2O. The van der Waals surface area contributed by atoms with Gasteiger partial charge in [0.05, 0.1) is 0 Å². The van der Waals surface area contributed by atoms with Gasteiger partial charge in [-0.05, 0) is 18.1 Å². The summed E-state index contributed by atoms with van der Waals surface area (Å²) in [6, 6.07) is 5.35. The van der Waals surface area contributed by atoms with Gasteiger partial charge in [0.25, 0.3) is 5.91 Å². The maximum atomic E-state index is 11.6. The van der Waals surface area contributed by atoms with Crippen LogP contribution in [0.25, 0.3) is 0 Å². The van der Waals surface area contributed by atoms with Gasteiger partial charge < -0.3 is 5.32 Å². The minimum Gasteiger partial charge on any atom is -0.350 e. The summed E-state index contributed by atoms with van der Waals surface area (Å²) < 4.78 is 0. The van der Waals surface area contributed by atoms with Crippen molar-refractivity contribution >= 4 is 5.91 Å². The molecule has 0 saturated carbocycles. The summed E-state index contributed by atoms with van der Waals surface area (Å²) in [4.78, 5) is 15.6. The summed E-state index contributed by atoms with van der Waals surface area (Å²) >= 11 is 0. The van der Waals surface area contributed by atoms with Gasteiger partial charge in [0.15, 0.2) is 0 Å². The van der Waals surface area contributed by atoms with Crippen LogP contribution in [0, 0.1) is 5.92 Å². The van der Waals surface area contributed by atoms with Crippen molar-refractivity contribution in [1.82, 2.24) is 10.3 Å². The number of nitrogens with one attached hydrogen (secondary N) is 1. The molecule has 0 fully saturated rings. The normalized spacial score (nSPS) is 10.3. The lowest BCUT2D eigenvalue weighted by Gasteiger charge is -2.12. The highest BCUT2D eigenvalue weighted by Gasteiger charge is 2.08. The molecule has 1 amide bonds. The van der Waals surface area contributed by atoms with Crippen LogP contribution in [0.5, 0.6) is 0 Å². The minimum absolute atomic E-state index is 0.0810. The summed E-state index contributed by atoms with van der Waals surface area (Å²) in [5, 5.41) is 2.90. The molecule has 0 aliphatic heterocycles. The van der Waals surface area contributed by atoms with Crippen molar-refractivity contribution in [2.75, 3.05) is 6.54 Å². The first-order valence-corrected chi connectivity index (χ1v) is 5.47. The van der Waals surface area contributed by atoms with E-state index >= 15 is 0 Å². The van der Waals surface area contributed by atoms with E-state index in [9.17, 15) is 4.79 Å². The molecular weight excluding hydrogens is 188 g/mol. The molecule has 82 valence electrons. The van der Waals surface area contributed by atoms with Crippen LogP contribution in [-0.4, -0.2) is 17.4 Å². The molecule has 0 bridgehead atoms. The Hall–Kier alpha value is -1.38. The minimum atomic E-state index is -0.0810. The summed E-state index contributed by atoms with van der Waals surface area (Å²) in [6.45, 7) is 5.02. The van der Waals surface area contributed by atoms with Crippen LogP contribution in [-0.2, 0) is 0 Å². The Labute approximate surface area is 90.9 Å². The molecule has 0 saturated heterocycles. The molecule has 0 aliphatic rings. The van der Waals surface area contributed by atoms with E-state index in [0.717, 1.165) is 19.4 Å². The second-order valence-electron chi connectivity index (χ2n) is 3.61. The van der Waals surface area contributed by atoms with Crippen molar-refractivity contribution in [2.24, 2.45) is 5.92 Å². The summed E-state index contributed by atoms with van der Waals surface area (Å²) in [6.07, 6.45) is 3.82. The van der Waals surface area contributed by atoms with E-state index in [1.165, 1.54) is 0 Å². The largest absolute Gasteiger partial charge is 0.350 e. The lowest BCUT2D eigenvalue weighted by molar-refractivity contribution is 0.0941. The number of rotatable bonds is 5. The van der Waals surface area contributed by atoms with Gasteiger partial charge >= 0.3 is 0 Å². The van der Waals surface area contributed by atoms with E-state index in [4.69, 9.17) is 0 Å². The van der Waals surface area contributed by atoms with E-state index in [-0.39, 0.29) is 5.91 Å². The molecule has 1 rings (SSSR count). The van der Waals surface area contributed by atoms with E-state index < -0.39 is 0 Å². The number of carbonyl (C=O) groups excluding carboxylic acids is 1. The third-order valence-electron chi connectivity index (χ3n) is 2.60. The standard InChI is InChI=1S/C12H18N2O/c1-3-10(4-2)9-14-12(15)11-7-5-6-8-13-11/h5-8,10H,3-4,9H2,1-2H3,(H,14,15). The molecule has 0 aromatic carbocycles. The van der Waals surface area contributed by atoms with Crippen LogP contribution < -0.4 is 5.32 Å². The average Bonchev–Trinajstić information content (AvgIpc) is 2.31. The highest BCUT2D eigenvalue weighted by atomic mass is 16.1. The van der Waals surface area contributed by atoms with E-state index in [1.807, 2.05) is 6.07 Å². The van der Waals surface area contributed by atoms with Gasteiger partial charge in [-0.25, -0.2) is 0 Å². The van der Waals surface area contributed by atoms with Gasteiger partial charge in [0.2, 0.25) is 0 Å². The number of pyridine rings is 1. The third kappa shape index (κ3) is 3.70. The Morgan fingerprint density at radius 3 is 2.67 bits per heavy atom. The fraction of sp³-hybridized carbons (Fsp3) is 0.500. The predicted octanol–water partition coefficient (Wildman–Crippen LogP) is 2.25. The molecule has 1 aromatic rings. The topological polar surface area (TPSA) is 42.0 Å². The lowest BCUT2D eigenvalue weighted by atomic mass is 10.0. The van der Waals surface area contributed by atoms with E-state index in [2.05, 4.69) is 24.1 Å². The Kier molecular flexibility index (Phi) is 4.81. The van der Waals surface area contributed by atoms with Gasteiger partial charge in [-0.2, -0.15) is 0 Å². The number of nitrogens with zero attached hydrogens (tertiary/aromatic N) is 1. The summed E-state index contributed by atoms with van der Waals surface area (Å²) in [7, 11) is 0. The van der Waals surface area contributed by atoms with Crippen molar-refractivity contribution in [3.63, 3.8) is 0 Å². The molecule has 0 atom stereocenters. The Balaban J connectivity index is 2.43. The third-order valence-corrected chi connectivity index (χ3v) is 2.60. The fourth-order valence-corrected chi connectivity index (χ4v) is 1.40. The van der Waals surface area contributed by atoms with Crippen molar-refractivity contribution < 1.29 is 4.79 Å². The second kappa shape index (κ2) is 6.17. The quantitative estimate of drug-likeness (QED) is 0.802. The van der Waals surface area contributed by atoms with Crippen molar-refractivity contribution in [3.05, 3.63) is 30.1 Å². The van der Waals surface area contributed by atoms with Crippen molar-refractivity contribution in [1.29, 1.82) is 0 Å². The Morgan fingerprint density at radius 1 is 1.40 bits per heavy atom. The fourth-order valence-electron chi connectivity index (χ4n) is 1.40. The molecule has 1 N–H and O–H groups in total. The zero-order valence-electron chi connectivity index (χ0n) is 9.36. The van der Waals surface area contributed by atoms with Gasteiger partial charge in [-0.15, -0.1) is 0 Å². The molecule has 0 unspecified atom stereocenters.